The molecule has 2 heterocycles. The monoisotopic (exact) mass is 439 g/mol. The van der Waals surface area contributed by atoms with Crippen LogP contribution in [0.2, 0.25) is 0 Å². The Balaban J connectivity index is 1.62. The zero-order chi connectivity index (χ0) is 23.3. The minimum atomic E-state index is -1.32. The molecule has 2 aromatic heterocycles. The number of nitrogens with zero attached hydrogens (tertiary/aromatic N) is 2. The highest BCUT2D eigenvalue weighted by Gasteiger charge is 2.22. The lowest BCUT2D eigenvalue weighted by molar-refractivity contribution is -0.140. The first-order valence-corrected chi connectivity index (χ1v) is 9.68. The van der Waals surface area contributed by atoms with Crippen LogP contribution < -0.4 is 16.2 Å². The van der Waals surface area contributed by atoms with E-state index in [0.29, 0.717) is 29.0 Å². The lowest BCUT2D eigenvalue weighted by atomic mass is 10.1. The number of aromatic amines is 1. The van der Waals surface area contributed by atoms with Gasteiger partial charge in [-0.05, 0) is 43.2 Å². The van der Waals surface area contributed by atoms with Crippen LogP contribution in [0.1, 0.15) is 34.7 Å². The van der Waals surface area contributed by atoms with E-state index >= 15 is 0 Å². The molecule has 11 nitrogen and oxygen atoms in total. The molecule has 32 heavy (non-hydrogen) atoms. The van der Waals surface area contributed by atoms with Gasteiger partial charge in [0.05, 0.1) is 10.9 Å². The van der Waals surface area contributed by atoms with E-state index in [1.165, 1.54) is 12.3 Å². The summed E-state index contributed by atoms with van der Waals surface area (Å²) in [5.41, 5.74) is 1.83. The lowest BCUT2D eigenvalue weighted by Crippen LogP contribution is -2.41. The summed E-state index contributed by atoms with van der Waals surface area (Å²) in [5.74, 6) is -2.64. The second kappa shape index (κ2) is 9.69. The normalized spacial score (nSPS) is 11.7. The average molecular weight is 439 g/mol. The highest BCUT2D eigenvalue weighted by atomic mass is 16.4. The van der Waals surface area contributed by atoms with Gasteiger partial charge in [-0.1, -0.05) is 6.07 Å². The highest BCUT2D eigenvalue weighted by Crippen LogP contribution is 2.15. The Morgan fingerprint density at radius 1 is 1.16 bits per heavy atom. The second-order valence-electron chi connectivity index (χ2n) is 7.09. The summed E-state index contributed by atoms with van der Waals surface area (Å²) in [7, 11) is 0. The van der Waals surface area contributed by atoms with E-state index in [9.17, 15) is 19.2 Å². The molecule has 0 unspecified atom stereocenters. The zero-order valence-corrected chi connectivity index (χ0v) is 17.1. The molecule has 0 fully saturated rings. The first kappa shape index (κ1) is 22.4. The Labute approximate surface area is 181 Å². The molecule has 0 saturated carbocycles. The van der Waals surface area contributed by atoms with E-state index < -0.39 is 23.9 Å². The number of fused-ring (bicyclic) bond motifs is 1. The predicted octanol–water partition coefficient (Wildman–Crippen LogP) is 1.29. The van der Waals surface area contributed by atoms with Gasteiger partial charge in [-0.3, -0.25) is 19.4 Å². The molecule has 166 valence electrons. The van der Waals surface area contributed by atoms with Crippen molar-refractivity contribution in [2.45, 2.75) is 32.4 Å². The molecule has 0 saturated heterocycles. The fraction of sp³-hybridized carbons (Fsp3) is 0.238. The fourth-order valence-electron chi connectivity index (χ4n) is 2.99. The Bertz CT molecular complexity index is 1220. The Hall–Kier alpha value is -4.28. The summed E-state index contributed by atoms with van der Waals surface area (Å²) < 4.78 is 0. The molecule has 0 radical (unpaired) electrons. The fourth-order valence-corrected chi connectivity index (χ4v) is 2.99. The topological polar surface area (TPSA) is 174 Å². The van der Waals surface area contributed by atoms with E-state index in [2.05, 4.69) is 25.6 Å². The number of hydrogen-bond donors (Lipinski definition) is 5. The van der Waals surface area contributed by atoms with Crippen LogP contribution in [0.25, 0.3) is 10.9 Å². The number of carbonyl (C=O) groups excluding carboxylic acids is 1. The molecule has 0 aliphatic heterocycles. The van der Waals surface area contributed by atoms with Crippen molar-refractivity contribution in [1.29, 1.82) is 0 Å². The van der Waals surface area contributed by atoms with Gasteiger partial charge in [0.1, 0.15) is 17.6 Å². The summed E-state index contributed by atoms with van der Waals surface area (Å²) in [4.78, 5) is 57.1. The van der Waals surface area contributed by atoms with Gasteiger partial charge in [0.25, 0.3) is 11.5 Å². The molecule has 0 bridgehead atoms. The number of benzene rings is 1. The van der Waals surface area contributed by atoms with Crippen molar-refractivity contribution >= 4 is 34.4 Å². The Morgan fingerprint density at radius 3 is 2.59 bits per heavy atom. The first-order chi connectivity index (χ1) is 15.2. The van der Waals surface area contributed by atoms with Gasteiger partial charge in [0, 0.05) is 24.8 Å². The average Bonchev–Trinajstić information content (AvgIpc) is 2.75. The van der Waals surface area contributed by atoms with Gasteiger partial charge in [-0.2, -0.15) is 0 Å². The van der Waals surface area contributed by atoms with E-state index in [-0.39, 0.29) is 24.1 Å². The van der Waals surface area contributed by atoms with E-state index in [0.717, 1.165) is 5.56 Å². The van der Waals surface area contributed by atoms with E-state index in [1.54, 1.807) is 31.2 Å². The molecule has 0 aliphatic carbocycles. The molecule has 0 aliphatic rings. The molecular weight excluding hydrogens is 418 g/mol. The number of aliphatic carboxylic acids is 2. The number of H-pyrrole nitrogens is 1. The third-order valence-corrected chi connectivity index (χ3v) is 4.63. The molecule has 1 amide bonds. The maximum atomic E-state index is 12.2. The number of rotatable bonds is 9. The van der Waals surface area contributed by atoms with Crippen molar-refractivity contribution in [2.24, 2.45) is 0 Å². The van der Waals surface area contributed by atoms with Gasteiger partial charge in [0.2, 0.25) is 0 Å². The Kier molecular flexibility index (Phi) is 6.78. The second-order valence-corrected chi connectivity index (χ2v) is 7.09. The van der Waals surface area contributed by atoms with E-state index in [1.807, 2.05) is 0 Å². The number of amides is 1. The number of pyridine rings is 1. The highest BCUT2D eigenvalue weighted by molar-refractivity contribution is 5.95. The van der Waals surface area contributed by atoms with Crippen LogP contribution in [0, 0.1) is 6.92 Å². The number of carboxylic acid groups (broad SMARTS) is 2. The minimum Gasteiger partial charge on any atom is -0.481 e. The van der Waals surface area contributed by atoms with Crippen LogP contribution in [-0.2, 0) is 16.1 Å². The van der Waals surface area contributed by atoms with Crippen molar-refractivity contribution < 1.29 is 24.6 Å². The molecule has 1 atom stereocenters. The molecule has 1 aromatic carbocycles. The number of carbonyl (C=O) groups is 3. The molecule has 5 N–H and O–H groups in total. The Morgan fingerprint density at radius 2 is 1.94 bits per heavy atom. The number of aromatic nitrogens is 3. The zero-order valence-electron chi connectivity index (χ0n) is 17.1. The van der Waals surface area contributed by atoms with Crippen molar-refractivity contribution in [3.05, 3.63) is 64.0 Å². The number of carboxylic acids is 2. The summed E-state index contributed by atoms with van der Waals surface area (Å²) in [6.45, 7) is 2.08. The third-order valence-electron chi connectivity index (χ3n) is 4.63. The number of aryl methyl sites for hydroxylation is 1. The van der Waals surface area contributed by atoms with Crippen molar-refractivity contribution in [2.75, 3.05) is 5.32 Å². The minimum absolute atomic E-state index is 0.00834. The van der Waals surface area contributed by atoms with Crippen molar-refractivity contribution in [1.82, 2.24) is 20.3 Å². The first-order valence-electron chi connectivity index (χ1n) is 9.68. The predicted molar refractivity (Wildman–Crippen MR) is 114 cm³/mol. The van der Waals surface area contributed by atoms with Gasteiger partial charge in [0.15, 0.2) is 0 Å². The summed E-state index contributed by atoms with van der Waals surface area (Å²) in [5, 5.41) is 23.7. The third kappa shape index (κ3) is 5.65. The SMILES string of the molecule is Cc1nc2ccc(NCc3ccc(C(=O)N[C@@H](CCC(=O)O)C(=O)O)nc3)cc2c(=O)[nH]1. The van der Waals surface area contributed by atoms with Crippen LogP contribution in [0.5, 0.6) is 0 Å². The molecule has 3 rings (SSSR count). The van der Waals surface area contributed by atoms with Gasteiger partial charge < -0.3 is 25.8 Å². The summed E-state index contributed by atoms with van der Waals surface area (Å²) in [6.07, 6.45) is 0.849. The summed E-state index contributed by atoms with van der Waals surface area (Å²) in [6, 6.07) is 7.01. The van der Waals surface area contributed by atoms with Gasteiger partial charge in [-0.25, -0.2) is 9.78 Å². The van der Waals surface area contributed by atoms with Crippen LogP contribution in [0.3, 0.4) is 0 Å². The van der Waals surface area contributed by atoms with Gasteiger partial charge >= 0.3 is 11.9 Å². The number of nitrogens with one attached hydrogen (secondary N) is 3. The number of hydrogen-bond acceptors (Lipinski definition) is 7. The van der Waals surface area contributed by atoms with Crippen LogP contribution in [0.15, 0.2) is 41.3 Å². The largest absolute Gasteiger partial charge is 0.481 e. The van der Waals surface area contributed by atoms with Crippen molar-refractivity contribution in [3.8, 4) is 0 Å². The van der Waals surface area contributed by atoms with Crippen LogP contribution >= 0.6 is 0 Å². The molecule has 0 spiro atoms. The molecular formula is C21H21N5O6. The number of anilines is 1. The maximum absolute atomic E-state index is 12.2. The van der Waals surface area contributed by atoms with Crippen molar-refractivity contribution in [3.63, 3.8) is 0 Å². The van der Waals surface area contributed by atoms with Gasteiger partial charge in [-0.15, -0.1) is 0 Å². The molecule has 3 aromatic rings. The van der Waals surface area contributed by atoms with Crippen LogP contribution in [0.4, 0.5) is 5.69 Å². The summed E-state index contributed by atoms with van der Waals surface area (Å²) >= 11 is 0. The van der Waals surface area contributed by atoms with E-state index in [4.69, 9.17) is 10.2 Å². The lowest BCUT2D eigenvalue weighted by Gasteiger charge is -2.13. The maximum Gasteiger partial charge on any atom is 0.326 e. The molecule has 11 heteroatoms. The standard InChI is InChI=1S/C21H21N5O6/c1-11-24-15-5-3-13(8-14(15)19(29)25-11)22-9-12-2-4-16(23-10-12)20(30)26-17(21(31)32)6-7-18(27)28/h2-5,8,10,17,22H,6-7,9H2,1H3,(H,26,30)(H,27,28)(H,31,32)(H,24,25,29)/t17-/m0/s1. The smallest absolute Gasteiger partial charge is 0.326 e. The quantitative estimate of drug-likeness (QED) is 0.329. The van der Waals surface area contributed by atoms with Crippen LogP contribution in [-0.4, -0.2) is 49.1 Å².